The second-order valence-corrected chi connectivity index (χ2v) is 12.1. The smallest absolute Gasteiger partial charge is 0.341 e. The van der Waals surface area contributed by atoms with Crippen LogP contribution in [-0.2, 0) is 16.6 Å². The molecule has 4 aromatic rings. The molecular weight excluding hydrogens is 555 g/mol. The van der Waals surface area contributed by atoms with Crippen molar-refractivity contribution >= 4 is 57.2 Å². The van der Waals surface area contributed by atoms with Gasteiger partial charge in [0.15, 0.2) is 11.0 Å². The summed E-state index contributed by atoms with van der Waals surface area (Å²) in [4.78, 5) is 40.9. The third kappa shape index (κ3) is 5.77. The lowest BCUT2D eigenvalue weighted by atomic mass is 10.0. The van der Waals surface area contributed by atoms with Crippen LogP contribution in [0.15, 0.2) is 34.8 Å². The van der Waals surface area contributed by atoms with Gasteiger partial charge in [-0.25, -0.2) is 4.79 Å². The van der Waals surface area contributed by atoms with Gasteiger partial charge in [0.2, 0.25) is 5.91 Å². The van der Waals surface area contributed by atoms with Crippen LogP contribution in [0.2, 0.25) is 0 Å². The maximum Gasteiger partial charge on any atom is 0.341 e. The van der Waals surface area contributed by atoms with Crippen LogP contribution in [0.5, 0.6) is 0 Å². The normalized spacial score (nSPS) is 10.9. The Kier molecular flexibility index (Phi) is 8.57. The fourth-order valence-electron chi connectivity index (χ4n) is 4.02. The van der Waals surface area contributed by atoms with E-state index >= 15 is 0 Å². The number of benzene rings is 1. The molecule has 0 unspecified atom stereocenters. The number of thiophene rings is 2. The Morgan fingerprint density at radius 3 is 2.44 bits per heavy atom. The van der Waals surface area contributed by atoms with Gasteiger partial charge in [0.25, 0.3) is 5.91 Å². The number of carbonyl (C=O) groups is 3. The minimum Gasteiger partial charge on any atom is -0.465 e. The molecule has 0 bridgehead atoms. The summed E-state index contributed by atoms with van der Waals surface area (Å²) in [5.74, 6) is -0.456. The maximum atomic E-state index is 12.9. The molecule has 39 heavy (non-hydrogen) atoms. The van der Waals surface area contributed by atoms with Gasteiger partial charge in [0.1, 0.15) is 5.00 Å². The van der Waals surface area contributed by atoms with Gasteiger partial charge < -0.3 is 19.5 Å². The fourth-order valence-corrected chi connectivity index (χ4v) is 6.83. The lowest BCUT2D eigenvalue weighted by Gasteiger charge is -2.08. The molecule has 0 atom stereocenters. The summed E-state index contributed by atoms with van der Waals surface area (Å²) in [5.41, 5.74) is 5.08. The van der Waals surface area contributed by atoms with Crippen LogP contribution in [0.1, 0.15) is 36.0 Å². The summed E-state index contributed by atoms with van der Waals surface area (Å²) in [5, 5.41) is 14.5. The molecule has 4 rings (SSSR count). The number of nitrogens with zero attached hydrogens (tertiary/aromatic N) is 4. The quantitative estimate of drug-likeness (QED) is 0.218. The molecule has 0 saturated carbocycles. The third-order valence-electron chi connectivity index (χ3n) is 6.11. The first-order valence-electron chi connectivity index (χ1n) is 11.9. The highest BCUT2D eigenvalue weighted by Gasteiger charge is 2.27. The number of carbonyl (C=O) groups excluding carboxylic acids is 3. The van der Waals surface area contributed by atoms with E-state index in [-0.39, 0.29) is 28.1 Å². The van der Waals surface area contributed by atoms with Crippen LogP contribution in [0.4, 0.5) is 5.00 Å². The van der Waals surface area contributed by atoms with E-state index < -0.39 is 5.97 Å². The molecule has 0 spiro atoms. The van der Waals surface area contributed by atoms with Gasteiger partial charge in [-0.2, -0.15) is 0 Å². The van der Waals surface area contributed by atoms with E-state index in [0.717, 1.165) is 28.0 Å². The van der Waals surface area contributed by atoms with E-state index in [2.05, 4.69) is 59.0 Å². The molecule has 1 aromatic carbocycles. The minimum atomic E-state index is -0.613. The molecule has 3 aromatic heterocycles. The zero-order chi connectivity index (χ0) is 28.4. The number of esters is 1. The molecule has 0 aliphatic rings. The average Bonchev–Trinajstić information content (AvgIpc) is 3.56. The largest absolute Gasteiger partial charge is 0.465 e. The Morgan fingerprint density at radius 2 is 1.79 bits per heavy atom. The Hall–Kier alpha value is -3.48. The predicted octanol–water partition coefficient (Wildman–Crippen LogP) is 5.42. The number of aryl methyl sites for hydroxylation is 2. The van der Waals surface area contributed by atoms with Crippen LogP contribution in [-0.4, -0.2) is 64.4 Å². The predicted molar refractivity (Wildman–Crippen MR) is 157 cm³/mol. The molecule has 2 amide bonds. The van der Waals surface area contributed by atoms with Crippen LogP contribution in [0, 0.1) is 20.8 Å². The number of aromatic nitrogens is 3. The zero-order valence-corrected chi connectivity index (χ0v) is 25.2. The van der Waals surface area contributed by atoms with E-state index in [1.807, 2.05) is 11.6 Å². The molecule has 204 valence electrons. The van der Waals surface area contributed by atoms with Gasteiger partial charge in [-0.1, -0.05) is 41.6 Å². The van der Waals surface area contributed by atoms with Gasteiger partial charge in [-0.3, -0.25) is 9.59 Å². The number of thioether (sulfide) groups is 1. The summed E-state index contributed by atoms with van der Waals surface area (Å²) >= 11 is 3.95. The van der Waals surface area contributed by atoms with Crippen molar-refractivity contribution < 1.29 is 19.1 Å². The van der Waals surface area contributed by atoms with Crippen molar-refractivity contribution in [1.82, 2.24) is 19.7 Å². The molecule has 0 aliphatic heterocycles. The number of rotatable bonds is 8. The number of hydrogen-bond donors (Lipinski definition) is 1. The summed E-state index contributed by atoms with van der Waals surface area (Å²) in [6.07, 6.45) is 0. The van der Waals surface area contributed by atoms with Crippen molar-refractivity contribution in [3.63, 3.8) is 0 Å². The SMILES string of the molecule is COC(=O)c1c(NC(=O)CSc2nnc(-c3csc(C)c3-c3ccc(C)cc3)n2C)sc(C(=O)N(C)C)c1C. The molecule has 3 heterocycles. The topological polar surface area (TPSA) is 106 Å². The van der Waals surface area contributed by atoms with Gasteiger partial charge in [0, 0.05) is 42.5 Å². The van der Waals surface area contributed by atoms with Crippen LogP contribution >= 0.6 is 34.4 Å². The zero-order valence-electron chi connectivity index (χ0n) is 22.7. The summed E-state index contributed by atoms with van der Waals surface area (Å²) in [7, 11) is 6.40. The van der Waals surface area contributed by atoms with Crippen LogP contribution < -0.4 is 5.32 Å². The van der Waals surface area contributed by atoms with Crippen LogP contribution in [0.3, 0.4) is 0 Å². The van der Waals surface area contributed by atoms with Crippen molar-refractivity contribution in [2.24, 2.45) is 7.05 Å². The highest BCUT2D eigenvalue weighted by atomic mass is 32.2. The number of anilines is 1. The minimum absolute atomic E-state index is 0.0357. The molecule has 0 radical (unpaired) electrons. The van der Waals surface area contributed by atoms with E-state index in [1.54, 1.807) is 32.4 Å². The van der Waals surface area contributed by atoms with E-state index in [9.17, 15) is 14.4 Å². The lowest BCUT2D eigenvalue weighted by molar-refractivity contribution is -0.113. The molecule has 0 fully saturated rings. The first kappa shape index (κ1) is 28.5. The highest BCUT2D eigenvalue weighted by Crippen LogP contribution is 2.39. The second-order valence-electron chi connectivity index (χ2n) is 9.10. The molecule has 1 N–H and O–H groups in total. The molecule has 12 heteroatoms. The van der Waals surface area contributed by atoms with Gasteiger partial charge in [-0.05, 0) is 31.9 Å². The van der Waals surface area contributed by atoms with Gasteiger partial charge in [-0.15, -0.1) is 32.9 Å². The van der Waals surface area contributed by atoms with Crippen molar-refractivity contribution in [2.45, 2.75) is 25.9 Å². The molecule has 0 aliphatic carbocycles. The fraction of sp³-hybridized carbons (Fsp3) is 0.296. The van der Waals surface area contributed by atoms with Gasteiger partial charge in [0.05, 0.1) is 23.3 Å². The first-order chi connectivity index (χ1) is 18.5. The molecule has 0 saturated heterocycles. The number of amides is 2. The summed E-state index contributed by atoms with van der Waals surface area (Å²) in [6, 6.07) is 8.40. The summed E-state index contributed by atoms with van der Waals surface area (Å²) in [6.45, 7) is 5.82. The monoisotopic (exact) mass is 583 g/mol. The second kappa shape index (κ2) is 11.7. The Bertz CT molecular complexity index is 1550. The average molecular weight is 584 g/mol. The van der Waals surface area contributed by atoms with E-state index in [1.165, 1.54) is 34.2 Å². The maximum absolute atomic E-state index is 12.9. The van der Waals surface area contributed by atoms with Crippen molar-refractivity contribution in [2.75, 3.05) is 32.3 Å². The van der Waals surface area contributed by atoms with Crippen molar-refractivity contribution in [1.29, 1.82) is 0 Å². The van der Waals surface area contributed by atoms with Gasteiger partial charge >= 0.3 is 5.97 Å². The van der Waals surface area contributed by atoms with E-state index in [4.69, 9.17) is 4.74 Å². The van der Waals surface area contributed by atoms with E-state index in [0.29, 0.717) is 21.4 Å². The van der Waals surface area contributed by atoms with Crippen molar-refractivity contribution in [3.05, 3.63) is 56.1 Å². The third-order valence-corrected chi connectivity index (χ3v) is 9.24. The number of methoxy groups -OCH3 is 1. The highest BCUT2D eigenvalue weighted by molar-refractivity contribution is 7.99. The Labute approximate surface area is 239 Å². The molecular formula is C27H29N5O4S3. The number of nitrogens with one attached hydrogen (secondary N) is 1. The standard InChI is InChI=1S/C27H29N5O4S3/c1-14-8-10-17(11-9-14)21-16(3)37-12-18(21)23-29-30-27(32(23)6)38-13-19(33)28-24-20(26(35)36-7)15(2)22(39-24)25(34)31(4)5/h8-12H,13H2,1-7H3,(H,28,33). The van der Waals surface area contributed by atoms with Crippen molar-refractivity contribution in [3.8, 4) is 22.5 Å². The summed E-state index contributed by atoms with van der Waals surface area (Å²) < 4.78 is 6.77. The number of ether oxygens (including phenoxy) is 1. The molecule has 9 nitrogen and oxygen atoms in total. The lowest BCUT2D eigenvalue weighted by Crippen LogP contribution is -2.21. The van der Waals surface area contributed by atoms with Crippen LogP contribution in [0.25, 0.3) is 22.5 Å². The number of hydrogen-bond acceptors (Lipinski definition) is 9. The first-order valence-corrected chi connectivity index (χ1v) is 14.6. The Morgan fingerprint density at radius 1 is 1.10 bits per heavy atom. The Balaban J connectivity index is 1.53.